The first-order valence-corrected chi connectivity index (χ1v) is 10.6. The Morgan fingerprint density at radius 3 is 2.44 bits per heavy atom. The molecule has 2 aromatic heterocycles. The normalized spacial score (nSPS) is 13.1. The maximum absolute atomic E-state index is 11.4. The molecule has 2 N–H and O–H groups in total. The number of hydrogen-bond donors (Lipinski definition) is 2. The lowest BCUT2D eigenvalue weighted by Gasteiger charge is -2.11. The van der Waals surface area contributed by atoms with Gasteiger partial charge in [0.15, 0.2) is 5.82 Å². The van der Waals surface area contributed by atoms with Crippen LogP contribution >= 0.6 is 0 Å². The number of aromatic amines is 1. The molecule has 0 amide bonds. The van der Waals surface area contributed by atoms with Crippen molar-refractivity contribution in [2.45, 2.75) is 45.6 Å². The molecule has 9 nitrogen and oxygen atoms in total. The summed E-state index contributed by atoms with van der Waals surface area (Å²) in [6.45, 7) is 6.29. The Morgan fingerprint density at radius 1 is 1.09 bits per heavy atom. The van der Waals surface area contributed by atoms with E-state index >= 15 is 0 Å². The van der Waals surface area contributed by atoms with Crippen LogP contribution in [0.3, 0.4) is 0 Å². The molecule has 9 heteroatoms. The van der Waals surface area contributed by atoms with Gasteiger partial charge < -0.3 is 5.11 Å². The standard InChI is InChI=1S/C23H25N7O2/c1-4-14(2)22-24-20(15(3)23(31)32)27-30(22)13-16-9-11-17(12-10-16)18-7-5-6-8-19(18)21-25-28-29-26-21/h5-12,14-15H,4,13H2,1-3H3,(H,31,32)(H,25,26,28,29). The van der Waals surface area contributed by atoms with Gasteiger partial charge in [-0.25, -0.2) is 9.67 Å². The van der Waals surface area contributed by atoms with E-state index in [4.69, 9.17) is 0 Å². The van der Waals surface area contributed by atoms with Crippen LogP contribution in [0.1, 0.15) is 56.2 Å². The number of tetrazole rings is 1. The van der Waals surface area contributed by atoms with Gasteiger partial charge in [0.2, 0.25) is 5.82 Å². The van der Waals surface area contributed by atoms with Gasteiger partial charge in [0, 0.05) is 11.5 Å². The highest BCUT2D eigenvalue weighted by molar-refractivity contribution is 5.80. The van der Waals surface area contributed by atoms with Crippen LogP contribution in [0.2, 0.25) is 0 Å². The van der Waals surface area contributed by atoms with E-state index in [2.05, 4.69) is 56.7 Å². The van der Waals surface area contributed by atoms with Gasteiger partial charge in [-0.3, -0.25) is 4.79 Å². The molecule has 0 bridgehead atoms. The van der Waals surface area contributed by atoms with E-state index in [-0.39, 0.29) is 5.92 Å². The summed E-state index contributed by atoms with van der Waals surface area (Å²) in [5, 5.41) is 28.2. The topological polar surface area (TPSA) is 122 Å². The summed E-state index contributed by atoms with van der Waals surface area (Å²) in [5.74, 6) is 0.204. The van der Waals surface area contributed by atoms with Crippen LogP contribution in [-0.4, -0.2) is 46.5 Å². The molecule has 0 aliphatic carbocycles. The Labute approximate surface area is 185 Å². The summed E-state index contributed by atoms with van der Waals surface area (Å²) < 4.78 is 1.82. The molecular formula is C23H25N7O2. The second-order valence-electron chi connectivity index (χ2n) is 7.83. The average Bonchev–Trinajstić information content (AvgIpc) is 3.49. The molecule has 2 aromatic carbocycles. The molecule has 0 radical (unpaired) electrons. The smallest absolute Gasteiger partial charge is 0.314 e. The quantitative estimate of drug-likeness (QED) is 0.434. The number of carbonyl (C=O) groups is 1. The monoisotopic (exact) mass is 431 g/mol. The van der Waals surface area contributed by atoms with Crippen molar-refractivity contribution in [2.24, 2.45) is 0 Å². The predicted octanol–water partition coefficient (Wildman–Crippen LogP) is 3.88. The Bertz CT molecular complexity index is 1200. The lowest BCUT2D eigenvalue weighted by molar-refractivity contribution is -0.138. The van der Waals surface area contributed by atoms with Crippen LogP contribution in [0.4, 0.5) is 0 Å². The van der Waals surface area contributed by atoms with E-state index in [1.54, 1.807) is 6.92 Å². The van der Waals surface area contributed by atoms with E-state index in [0.29, 0.717) is 18.2 Å². The van der Waals surface area contributed by atoms with Gasteiger partial charge in [-0.1, -0.05) is 62.4 Å². The zero-order chi connectivity index (χ0) is 22.7. The molecule has 0 spiro atoms. The van der Waals surface area contributed by atoms with Crippen molar-refractivity contribution in [3.8, 4) is 22.5 Å². The van der Waals surface area contributed by atoms with E-state index in [1.165, 1.54) is 0 Å². The van der Waals surface area contributed by atoms with Crippen molar-refractivity contribution in [1.82, 2.24) is 35.4 Å². The lowest BCUT2D eigenvalue weighted by atomic mass is 9.98. The van der Waals surface area contributed by atoms with E-state index in [9.17, 15) is 9.90 Å². The van der Waals surface area contributed by atoms with Crippen molar-refractivity contribution >= 4 is 5.97 Å². The van der Waals surface area contributed by atoms with Gasteiger partial charge in [-0.15, -0.1) is 10.2 Å². The summed E-state index contributed by atoms with van der Waals surface area (Å²) in [4.78, 5) is 16.0. The number of carboxylic acid groups (broad SMARTS) is 1. The zero-order valence-corrected chi connectivity index (χ0v) is 18.2. The summed E-state index contributed by atoms with van der Waals surface area (Å²) in [6.07, 6.45) is 0.894. The molecule has 0 aliphatic heterocycles. The maximum Gasteiger partial charge on any atom is 0.314 e. The van der Waals surface area contributed by atoms with Crippen LogP contribution in [0.25, 0.3) is 22.5 Å². The molecule has 0 aliphatic rings. The fraction of sp³-hybridized carbons (Fsp3) is 0.304. The molecule has 0 saturated heterocycles. The molecule has 4 rings (SSSR count). The number of nitrogens with one attached hydrogen (secondary N) is 1. The third kappa shape index (κ3) is 4.27. The number of aliphatic carboxylic acids is 1. The number of nitrogens with zero attached hydrogens (tertiary/aromatic N) is 6. The maximum atomic E-state index is 11.4. The van der Waals surface area contributed by atoms with Crippen molar-refractivity contribution in [3.05, 3.63) is 65.7 Å². The molecule has 2 atom stereocenters. The number of aromatic nitrogens is 7. The highest BCUT2D eigenvalue weighted by atomic mass is 16.4. The molecular weight excluding hydrogens is 406 g/mol. The third-order valence-corrected chi connectivity index (χ3v) is 5.64. The Balaban J connectivity index is 1.62. The van der Waals surface area contributed by atoms with Crippen LogP contribution in [-0.2, 0) is 11.3 Å². The second-order valence-corrected chi connectivity index (χ2v) is 7.83. The number of hydrogen-bond acceptors (Lipinski definition) is 6. The van der Waals surface area contributed by atoms with Crippen molar-refractivity contribution in [2.75, 3.05) is 0 Å². The fourth-order valence-corrected chi connectivity index (χ4v) is 3.50. The Hall–Kier alpha value is -3.88. The second kappa shape index (κ2) is 9.09. The number of benzene rings is 2. The molecule has 0 saturated carbocycles. The zero-order valence-electron chi connectivity index (χ0n) is 18.2. The van der Waals surface area contributed by atoms with Crippen LogP contribution in [0.5, 0.6) is 0 Å². The van der Waals surface area contributed by atoms with Gasteiger partial charge in [-0.2, -0.15) is 10.3 Å². The molecule has 2 heterocycles. The molecule has 4 aromatic rings. The van der Waals surface area contributed by atoms with Gasteiger partial charge in [-0.05, 0) is 35.2 Å². The van der Waals surface area contributed by atoms with Crippen molar-refractivity contribution in [3.63, 3.8) is 0 Å². The van der Waals surface area contributed by atoms with Gasteiger partial charge in [0.05, 0.1) is 6.54 Å². The Kier molecular flexibility index (Phi) is 6.07. The van der Waals surface area contributed by atoms with Crippen molar-refractivity contribution in [1.29, 1.82) is 0 Å². The van der Waals surface area contributed by atoms with Gasteiger partial charge in [0.25, 0.3) is 0 Å². The number of H-pyrrole nitrogens is 1. The average molecular weight is 432 g/mol. The first-order valence-electron chi connectivity index (χ1n) is 10.6. The van der Waals surface area contributed by atoms with Crippen LogP contribution in [0.15, 0.2) is 48.5 Å². The fourth-order valence-electron chi connectivity index (χ4n) is 3.50. The Morgan fingerprint density at radius 2 is 1.81 bits per heavy atom. The largest absolute Gasteiger partial charge is 0.481 e. The minimum absolute atomic E-state index is 0.179. The van der Waals surface area contributed by atoms with E-state index in [1.807, 2.05) is 41.1 Å². The molecule has 32 heavy (non-hydrogen) atoms. The SMILES string of the molecule is CCC(C)c1nc(C(C)C(=O)O)nn1Cc1ccc(-c2ccccc2-c2nn[nH]n2)cc1. The first kappa shape index (κ1) is 21.4. The van der Waals surface area contributed by atoms with E-state index in [0.717, 1.165) is 34.5 Å². The summed E-state index contributed by atoms with van der Waals surface area (Å²) in [6, 6.07) is 16.1. The van der Waals surface area contributed by atoms with Crippen LogP contribution in [0, 0.1) is 0 Å². The minimum Gasteiger partial charge on any atom is -0.481 e. The highest BCUT2D eigenvalue weighted by Crippen LogP contribution is 2.30. The third-order valence-electron chi connectivity index (χ3n) is 5.64. The summed E-state index contributed by atoms with van der Waals surface area (Å²) in [7, 11) is 0. The molecule has 0 fully saturated rings. The minimum atomic E-state index is -0.928. The van der Waals surface area contributed by atoms with Gasteiger partial charge in [0.1, 0.15) is 11.7 Å². The van der Waals surface area contributed by atoms with E-state index < -0.39 is 11.9 Å². The summed E-state index contributed by atoms with van der Waals surface area (Å²) in [5.41, 5.74) is 4.00. The lowest BCUT2D eigenvalue weighted by Crippen LogP contribution is -2.11. The van der Waals surface area contributed by atoms with Crippen LogP contribution < -0.4 is 0 Å². The predicted molar refractivity (Wildman–Crippen MR) is 119 cm³/mol. The van der Waals surface area contributed by atoms with Crippen molar-refractivity contribution < 1.29 is 9.90 Å². The van der Waals surface area contributed by atoms with Gasteiger partial charge >= 0.3 is 5.97 Å². The molecule has 164 valence electrons. The number of carboxylic acids is 1. The first-order chi connectivity index (χ1) is 15.5. The highest BCUT2D eigenvalue weighted by Gasteiger charge is 2.23. The molecule has 2 unspecified atom stereocenters. The summed E-state index contributed by atoms with van der Waals surface area (Å²) >= 11 is 0. The number of rotatable bonds is 8.